The van der Waals surface area contributed by atoms with Gasteiger partial charge in [-0.3, -0.25) is 9.59 Å². The van der Waals surface area contributed by atoms with E-state index in [-0.39, 0.29) is 11.8 Å². The van der Waals surface area contributed by atoms with E-state index in [0.29, 0.717) is 41.6 Å². The molecule has 134 valence electrons. The van der Waals surface area contributed by atoms with Gasteiger partial charge in [-0.25, -0.2) is 0 Å². The summed E-state index contributed by atoms with van der Waals surface area (Å²) in [7, 11) is 0. The lowest BCUT2D eigenvalue weighted by molar-refractivity contribution is -0.133. The smallest absolute Gasteiger partial charge is 0.260 e. The molecule has 7 heteroatoms. The number of amides is 2. The zero-order valence-electron chi connectivity index (χ0n) is 13.9. The zero-order valence-corrected chi connectivity index (χ0v) is 15.5. The van der Waals surface area contributed by atoms with E-state index in [2.05, 4.69) is 5.32 Å². The molecule has 2 aliphatic rings. The van der Waals surface area contributed by atoms with Crippen molar-refractivity contribution in [3.05, 3.63) is 53.6 Å². The van der Waals surface area contributed by atoms with Gasteiger partial charge in [0.15, 0.2) is 4.87 Å². The number of fused-ring (bicyclic) bond motifs is 1. The van der Waals surface area contributed by atoms with E-state index < -0.39 is 4.87 Å². The molecular weight excluding hydrogens is 372 g/mol. The molecule has 0 saturated carbocycles. The van der Waals surface area contributed by atoms with Gasteiger partial charge in [0, 0.05) is 24.4 Å². The highest BCUT2D eigenvalue weighted by atomic mass is 35.5. The van der Waals surface area contributed by atoms with Crippen LogP contribution in [0.5, 0.6) is 11.5 Å². The van der Waals surface area contributed by atoms with Gasteiger partial charge >= 0.3 is 0 Å². The van der Waals surface area contributed by atoms with Gasteiger partial charge in [0.05, 0.1) is 5.02 Å². The second-order valence-corrected chi connectivity index (χ2v) is 7.97. The van der Waals surface area contributed by atoms with Crippen molar-refractivity contribution in [3.63, 3.8) is 0 Å². The Bertz CT molecular complexity index is 858. The van der Waals surface area contributed by atoms with Crippen LogP contribution in [0.2, 0.25) is 5.02 Å². The Kier molecular flexibility index (Phi) is 4.54. The summed E-state index contributed by atoms with van der Waals surface area (Å²) in [4.78, 5) is 25.7. The number of hydrogen-bond donors (Lipinski definition) is 1. The van der Waals surface area contributed by atoms with Crippen molar-refractivity contribution in [3.8, 4) is 11.5 Å². The van der Waals surface area contributed by atoms with Crippen LogP contribution in [0.1, 0.15) is 12.8 Å². The number of para-hydroxylation sites is 1. The molecule has 4 rings (SSSR count). The summed E-state index contributed by atoms with van der Waals surface area (Å²) in [6.45, 7) is 0.640. The maximum Gasteiger partial charge on any atom is 0.260 e. The standard InChI is InChI=1S/C19H17ClN2O3S/c20-15-3-1-2-4-16(15)25-14-7-5-13(6-8-14)21-18(24)19-10-9-17(23)22(19)11-12-26-19/h1-8H,9-12H2,(H,21,24)/t19-/m1/s1. The van der Waals surface area contributed by atoms with Crippen LogP contribution in [-0.4, -0.2) is 33.9 Å². The third-order valence-electron chi connectivity index (χ3n) is 4.60. The fourth-order valence-corrected chi connectivity index (χ4v) is 4.86. The van der Waals surface area contributed by atoms with Gasteiger partial charge in [0.2, 0.25) is 5.91 Å². The zero-order chi connectivity index (χ0) is 18.1. The number of thioether (sulfide) groups is 1. The number of rotatable bonds is 4. The number of carbonyl (C=O) groups is 2. The minimum Gasteiger partial charge on any atom is -0.456 e. The molecule has 0 aliphatic carbocycles. The van der Waals surface area contributed by atoms with Crippen molar-refractivity contribution in [1.82, 2.24) is 4.90 Å². The first kappa shape index (κ1) is 17.2. The number of anilines is 1. The lowest BCUT2D eigenvalue weighted by Crippen LogP contribution is -2.48. The Morgan fingerprint density at radius 2 is 1.96 bits per heavy atom. The Balaban J connectivity index is 1.45. The van der Waals surface area contributed by atoms with Gasteiger partial charge in [-0.05, 0) is 42.8 Å². The molecule has 2 amide bonds. The number of carbonyl (C=O) groups excluding carboxylic acids is 2. The van der Waals surface area contributed by atoms with E-state index in [9.17, 15) is 9.59 Å². The van der Waals surface area contributed by atoms with E-state index in [1.807, 2.05) is 12.1 Å². The van der Waals surface area contributed by atoms with Gasteiger partial charge < -0.3 is 15.0 Å². The van der Waals surface area contributed by atoms with E-state index in [0.717, 1.165) is 5.75 Å². The molecule has 2 heterocycles. The molecule has 26 heavy (non-hydrogen) atoms. The normalized spacial score (nSPS) is 21.6. The van der Waals surface area contributed by atoms with Crippen molar-refractivity contribution < 1.29 is 14.3 Å². The molecule has 0 aromatic heterocycles. The monoisotopic (exact) mass is 388 g/mol. The first-order chi connectivity index (χ1) is 12.6. The summed E-state index contributed by atoms with van der Waals surface area (Å²) in [6, 6.07) is 14.3. The van der Waals surface area contributed by atoms with Crippen LogP contribution in [0.25, 0.3) is 0 Å². The molecule has 0 radical (unpaired) electrons. The second-order valence-electron chi connectivity index (χ2n) is 6.19. The fourth-order valence-electron chi connectivity index (χ4n) is 3.30. The van der Waals surface area contributed by atoms with Gasteiger partial charge in [0.25, 0.3) is 5.91 Å². The van der Waals surface area contributed by atoms with Crippen LogP contribution < -0.4 is 10.1 Å². The Morgan fingerprint density at radius 3 is 2.73 bits per heavy atom. The first-order valence-electron chi connectivity index (χ1n) is 8.37. The molecule has 0 bridgehead atoms. The van der Waals surface area contributed by atoms with E-state index >= 15 is 0 Å². The number of nitrogens with zero attached hydrogens (tertiary/aromatic N) is 1. The van der Waals surface area contributed by atoms with E-state index in [1.54, 1.807) is 53.1 Å². The van der Waals surface area contributed by atoms with Gasteiger partial charge in [-0.15, -0.1) is 11.8 Å². The van der Waals surface area contributed by atoms with Crippen molar-refractivity contribution >= 4 is 40.9 Å². The van der Waals surface area contributed by atoms with Gasteiger partial charge in [-0.2, -0.15) is 0 Å². The van der Waals surface area contributed by atoms with E-state index in [4.69, 9.17) is 16.3 Å². The molecule has 2 fully saturated rings. The molecule has 2 aromatic carbocycles. The number of hydrogen-bond acceptors (Lipinski definition) is 4. The summed E-state index contributed by atoms with van der Waals surface area (Å²) in [5.41, 5.74) is 0.669. The van der Waals surface area contributed by atoms with Crippen LogP contribution in [0.15, 0.2) is 48.5 Å². The highest BCUT2D eigenvalue weighted by Crippen LogP contribution is 2.45. The average Bonchev–Trinajstić information content (AvgIpc) is 3.21. The molecule has 2 aliphatic heterocycles. The molecule has 1 N–H and O–H groups in total. The SMILES string of the molecule is O=C1CC[C@]2(C(=O)Nc3ccc(Oc4ccccc4Cl)cc3)SCCN12. The van der Waals surface area contributed by atoms with Crippen LogP contribution in [-0.2, 0) is 9.59 Å². The largest absolute Gasteiger partial charge is 0.456 e. The minimum atomic E-state index is -0.746. The third-order valence-corrected chi connectivity index (χ3v) is 6.39. The fraction of sp³-hybridized carbons (Fsp3) is 0.263. The molecule has 5 nitrogen and oxygen atoms in total. The van der Waals surface area contributed by atoms with Crippen LogP contribution in [0, 0.1) is 0 Å². The summed E-state index contributed by atoms with van der Waals surface area (Å²) >= 11 is 7.64. The minimum absolute atomic E-state index is 0.0636. The molecule has 0 spiro atoms. The Labute approximate surface area is 160 Å². The third kappa shape index (κ3) is 3.04. The van der Waals surface area contributed by atoms with Crippen molar-refractivity contribution in [1.29, 1.82) is 0 Å². The molecule has 2 aromatic rings. The second kappa shape index (κ2) is 6.85. The maximum absolute atomic E-state index is 12.8. The number of nitrogens with one attached hydrogen (secondary N) is 1. The van der Waals surface area contributed by atoms with Crippen LogP contribution in [0.4, 0.5) is 5.69 Å². The Morgan fingerprint density at radius 1 is 1.19 bits per heavy atom. The lowest BCUT2D eigenvalue weighted by Gasteiger charge is -2.29. The lowest BCUT2D eigenvalue weighted by atomic mass is 10.2. The van der Waals surface area contributed by atoms with Crippen molar-refractivity contribution in [2.24, 2.45) is 0 Å². The van der Waals surface area contributed by atoms with Gasteiger partial charge in [-0.1, -0.05) is 23.7 Å². The average molecular weight is 389 g/mol. The Hall–Kier alpha value is -2.18. The first-order valence-corrected chi connectivity index (χ1v) is 9.73. The topological polar surface area (TPSA) is 58.6 Å². The molecule has 0 unspecified atom stereocenters. The van der Waals surface area contributed by atoms with Crippen molar-refractivity contribution in [2.75, 3.05) is 17.6 Å². The predicted molar refractivity (Wildman–Crippen MR) is 103 cm³/mol. The van der Waals surface area contributed by atoms with E-state index in [1.165, 1.54) is 0 Å². The van der Waals surface area contributed by atoms with Crippen LogP contribution in [0.3, 0.4) is 0 Å². The van der Waals surface area contributed by atoms with Crippen molar-refractivity contribution in [2.45, 2.75) is 17.7 Å². The van der Waals surface area contributed by atoms with Crippen LogP contribution >= 0.6 is 23.4 Å². The molecule has 2 saturated heterocycles. The quantitative estimate of drug-likeness (QED) is 0.855. The summed E-state index contributed by atoms with van der Waals surface area (Å²) in [6.07, 6.45) is 1.00. The highest BCUT2D eigenvalue weighted by molar-refractivity contribution is 8.01. The molecular formula is C19H17ClN2O3S. The number of halogens is 1. The highest BCUT2D eigenvalue weighted by Gasteiger charge is 2.54. The molecule has 1 atom stereocenters. The summed E-state index contributed by atoms with van der Waals surface area (Å²) < 4.78 is 5.75. The number of ether oxygens (including phenoxy) is 1. The summed E-state index contributed by atoms with van der Waals surface area (Å²) in [5, 5.41) is 3.47. The maximum atomic E-state index is 12.8. The van der Waals surface area contributed by atoms with Gasteiger partial charge in [0.1, 0.15) is 11.5 Å². The number of benzene rings is 2. The predicted octanol–water partition coefficient (Wildman–Crippen LogP) is 4.14. The summed E-state index contributed by atoms with van der Waals surface area (Å²) in [5.74, 6) is 1.93.